The van der Waals surface area contributed by atoms with Gasteiger partial charge in [-0.3, -0.25) is 4.79 Å². The van der Waals surface area contributed by atoms with E-state index in [0.29, 0.717) is 30.9 Å². The monoisotopic (exact) mass is 662 g/mol. The fraction of sp³-hybridized carbons (Fsp3) is 0.441. The summed E-state index contributed by atoms with van der Waals surface area (Å²) in [7, 11) is 0. The topological polar surface area (TPSA) is 89.5 Å². The Hall–Kier alpha value is -3.46. The molecule has 6 rings (SSSR count). The van der Waals surface area contributed by atoms with Crippen LogP contribution in [0.4, 0.5) is 22.0 Å². The number of carbonyl (C=O) groups excluding carboxylic acids is 1. The largest absolute Gasteiger partial charge is 0.392 e. The van der Waals surface area contributed by atoms with Crippen LogP contribution in [-0.2, 0) is 32.1 Å². The van der Waals surface area contributed by atoms with Crippen LogP contribution in [0.25, 0.3) is 0 Å². The summed E-state index contributed by atoms with van der Waals surface area (Å²) in [4.78, 5) is 14.7. The van der Waals surface area contributed by atoms with E-state index in [2.05, 4.69) is 17.1 Å². The zero-order valence-corrected chi connectivity index (χ0v) is 25.6. The summed E-state index contributed by atoms with van der Waals surface area (Å²) in [6.07, 6.45) is 0.235. The number of aliphatic hydroxyl groups excluding tert-OH is 1. The lowest BCUT2D eigenvalue weighted by atomic mass is 9.89. The molecule has 252 valence electrons. The van der Waals surface area contributed by atoms with Crippen LogP contribution in [0.5, 0.6) is 0 Å². The highest BCUT2D eigenvalue weighted by Gasteiger charge is 2.43. The number of hydrogen-bond donors (Lipinski definition) is 2. The summed E-state index contributed by atoms with van der Waals surface area (Å²) in [6, 6.07) is 14.3. The van der Waals surface area contributed by atoms with Gasteiger partial charge in [0.1, 0.15) is 5.56 Å². The summed E-state index contributed by atoms with van der Waals surface area (Å²) in [5.41, 5.74) is 1.35. The number of rotatable bonds is 8. The van der Waals surface area contributed by atoms with Crippen molar-refractivity contribution in [2.75, 3.05) is 32.8 Å². The molecule has 3 aromatic carbocycles. The molecule has 3 heterocycles. The van der Waals surface area contributed by atoms with Crippen LogP contribution < -0.4 is 5.32 Å². The third kappa shape index (κ3) is 6.92. The maximum absolute atomic E-state index is 14.1. The van der Waals surface area contributed by atoms with E-state index in [1.807, 2.05) is 24.3 Å². The predicted octanol–water partition coefficient (Wildman–Crippen LogP) is 5.43. The first-order valence-electron chi connectivity index (χ1n) is 15.5. The van der Waals surface area contributed by atoms with E-state index in [1.54, 1.807) is 24.3 Å². The SMILES string of the molecule is C[C@H]1[C@@H](CN2CCC3(CC2)OCCO3)O[C@@H](c2ccc(CNC(=O)c3c(F)c(F)c(F)c(F)c3F)cc2)O[C@H]1c1ccc(CO)cc1. The van der Waals surface area contributed by atoms with Crippen molar-refractivity contribution < 1.29 is 50.8 Å². The van der Waals surface area contributed by atoms with Crippen LogP contribution in [0.15, 0.2) is 48.5 Å². The third-order valence-corrected chi connectivity index (χ3v) is 9.13. The Morgan fingerprint density at radius 1 is 0.830 bits per heavy atom. The van der Waals surface area contributed by atoms with Crippen LogP contribution >= 0.6 is 0 Å². The summed E-state index contributed by atoms with van der Waals surface area (Å²) in [6.45, 7) is 5.21. The fourth-order valence-electron chi connectivity index (χ4n) is 6.31. The molecule has 0 radical (unpaired) electrons. The Kier molecular flexibility index (Phi) is 9.93. The summed E-state index contributed by atoms with van der Waals surface area (Å²) >= 11 is 0. The highest BCUT2D eigenvalue weighted by molar-refractivity contribution is 5.94. The van der Waals surface area contributed by atoms with Gasteiger partial charge in [-0.15, -0.1) is 0 Å². The number of nitrogens with one attached hydrogen (secondary N) is 1. The molecule has 4 atom stereocenters. The zero-order valence-electron chi connectivity index (χ0n) is 25.6. The van der Waals surface area contributed by atoms with Crippen LogP contribution in [0, 0.1) is 35.0 Å². The molecule has 13 heteroatoms. The van der Waals surface area contributed by atoms with E-state index in [-0.39, 0.29) is 31.3 Å². The molecule has 3 aromatic rings. The maximum atomic E-state index is 14.1. The van der Waals surface area contributed by atoms with Gasteiger partial charge in [0.2, 0.25) is 5.82 Å². The molecule has 1 spiro atoms. The molecule has 0 saturated carbocycles. The highest BCUT2D eigenvalue weighted by atomic mass is 19.2. The van der Waals surface area contributed by atoms with Crippen LogP contribution in [0.1, 0.15) is 64.8 Å². The van der Waals surface area contributed by atoms with Gasteiger partial charge in [-0.05, 0) is 16.7 Å². The molecule has 0 aliphatic carbocycles. The second kappa shape index (κ2) is 14.0. The number of ether oxygens (including phenoxy) is 4. The average molecular weight is 663 g/mol. The van der Waals surface area contributed by atoms with Gasteiger partial charge in [0.25, 0.3) is 5.91 Å². The number of hydrogen-bond acceptors (Lipinski definition) is 7. The first-order chi connectivity index (χ1) is 22.6. The number of amides is 1. The molecule has 47 heavy (non-hydrogen) atoms. The molecule has 3 fully saturated rings. The molecule has 8 nitrogen and oxygen atoms in total. The maximum Gasteiger partial charge on any atom is 0.257 e. The third-order valence-electron chi connectivity index (χ3n) is 9.13. The Bertz CT molecular complexity index is 1550. The Morgan fingerprint density at radius 2 is 1.38 bits per heavy atom. The van der Waals surface area contributed by atoms with Crippen molar-refractivity contribution in [2.45, 2.75) is 57.2 Å². The lowest BCUT2D eigenvalue weighted by Crippen LogP contribution is -2.50. The Morgan fingerprint density at radius 3 is 1.98 bits per heavy atom. The van der Waals surface area contributed by atoms with Crippen molar-refractivity contribution in [1.29, 1.82) is 0 Å². The highest BCUT2D eigenvalue weighted by Crippen LogP contribution is 2.42. The molecule has 2 N–H and O–H groups in total. The molecule has 3 aliphatic rings. The second-order valence-electron chi connectivity index (χ2n) is 12.1. The first-order valence-corrected chi connectivity index (χ1v) is 15.5. The fourth-order valence-corrected chi connectivity index (χ4v) is 6.31. The van der Waals surface area contributed by atoms with E-state index in [9.17, 15) is 31.9 Å². The van der Waals surface area contributed by atoms with E-state index >= 15 is 0 Å². The van der Waals surface area contributed by atoms with Crippen molar-refractivity contribution in [3.8, 4) is 0 Å². The van der Waals surface area contributed by atoms with Gasteiger partial charge in [0, 0.05) is 50.5 Å². The van der Waals surface area contributed by atoms with Gasteiger partial charge in [-0.1, -0.05) is 55.5 Å². The molecule has 3 aliphatic heterocycles. The number of aliphatic hydroxyl groups is 1. The van der Waals surface area contributed by atoms with Gasteiger partial charge in [-0.2, -0.15) is 0 Å². The van der Waals surface area contributed by atoms with Crippen LogP contribution in [-0.4, -0.2) is 60.7 Å². The van der Waals surface area contributed by atoms with Crippen molar-refractivity contribution >= 4 is 5.91 Å². The summed E-state index contributed by atoms with van der Waals surface area (Å²) < 4.78 is 93.5. The van der Waals surface area contributed by atoms with E-state index in [4.69, 9.17) is 18.9 Å². The van der Waals surface area contributed by atoms with Crippen molar-refractivity contribution in [1.82, 2.24) is 10.2 Å². The lowest BCUT2D eigenvalue weighted by Gasteiger charge is -2.44. The quantitative estimate of drug-likeness (QED) is 0.189. The molecule has 0 unspecified atom stereocenters. The average Bonchev–Trinajstić information content (AvgIpc) is 3.55. The molecule has 1 amide bonds. The van der Waals surface area contributed by atoms with E-state index in [0.717, 1.165) is 37.1 Å². The normalized spacial score (nSPS) is 24.5. The number of piperidine rings is 1. The summed E-state index contributed by atoms with van der Waals surface area (Å²) in [5, 5.41) is 11.7. The van der Waals surface area contributed by atoms with Crippen LogP contribution in [0.2, 0.25) is 0 Å². The number of likely N-dealkylation sites (tertiary alicyclic amines) is 1. The molecule has 3 saturated heterocycles. The Labute approximate surface area is 268 Å². The van der Waals surface area contributed by atoms with Crippen LogP contribution in [0.3, 0.4) is 0 Å². The first kappa shape index (κ1) is 33.4. The lowest BCUT2D eigenvalue weighted by molar-refractivity contribution is -0.278. The molecule has 0 bridgehead atoms. The second-order valence-corrected chi connectivity index (χ2v) is 12.1. The molecular weight excluding hydrogens is 627 g/mol. The minimum Gasteiger partial charge on any atom is -0.392 e. The van der Waals surface area contributed by atoms with Crippen molar-refractivity contribution in [3.63, 3.8) is 0 Å². The minimum absolute atomic E-state index is 0.0301. The summed E-state index contributed by atoms with van der Waals surface area (Å²) in [5.74, 6) is -13.1. The molecule has 0 aromatic heterocycles. The number of nitrogens with zero attached hydrogens (tertiary/aromatic N) is 1. The van der Waals surface area contributed by atoms with Gasteiger partial charge in [-0.25, -0.2) is 22.0 Å². The molecular formula is C34H35F5N2O6. The van der Waals surface area contributed by atoms with Crippen molar-refractivity contribution in [2.24, 2.45) is 5.92 Å². The Balaban J connectivity index is 1.16. The predicted molar refractivity (Wildman–Crippen MR) is 157 cm³/mol. The van der Waals surface area contributed by atoms with Crippen molar-refractivity contribution in [3.05, 3.63) is 105 Å². The number of carbonyl (C=O) groups is 1. The van der Waals surface area contributed by atoms with E-state index in [1.165, 1.54) is 0 Å². The number of benzene rings is 3. The number of halogens is 5. The van der Waals surface area contributed by atoms with Gasteiger partial charge >= 0.3 is 0 Å². The minimum atomic E-state index is -2.34. The standard InChI is InChI=1S/C34H35F5N2O6/c1-19-24(17-41-12-10-34(11-13-41)44-14-15-45-34)46-33(47-31(19)22-6-4-21(18-42)5-7-22)23-8-2-20(3-9-23)16-40-32(43)25-26(35)28(37)30(39)29(38)27(25)36/h2-9,19,24,31,33,42H,10-18H2,1H3,(H,40,43)/t19-,24+,31+,33+/m0/s1. The van der Waals surface area contributed by atoms with Gasteiger partial charge in [0.15, 0.2) is 35.3 Å². The zero-order chi connectivity index (χ0) is 33.3. The van der Waals surface area contributed by atoms with Gasteiger partial charge < -0.3 is 34.3 Å². The van der Waals surface area contributed by atoms with Gasteiger partial charge in [0.05, 0.1) is 32.0 Å². The smallest absolute Gasteiger partial charge is 0.257 e. The van der Waals surface area contributed by atoms with E-state index < -0.39 is 52.6 Å².